The Morgan fingerprint density at radius 1 is 0.974 bits per heavy atom. The number of benzene rings is 2. The van der Waals surface area contributed by atoms with Gasteiger partial charge < -0.3 is 23.7 Å². The maximum Gasteiger partial charge on any atom is 0.471 e. The molecule has 1 amide bonds. The van der Waals surface area contributed by atoms with E-state index in [1.165, 1.54) is 7.11 Å². The third kappa shape index (κ3) is 7.62. The molecule has 0 aliphatic heterocycles. The van der Waals surface area contributed by atoms with E-state index in [0.29, 0.717) is 47.3 Å². The van der Waals surface area contributed by atoms with E-state index in [2.05, 4.69) is 4.74 Å². The highest BCUT2D eigenvalue weighted by molar-refractivity contribution is 5.82. The molecule has 1 aromatic heterocycles. The first kappa shape index (κ1) is 28.8. The summed E-state index contributed by atoms with van der Waals surface area (Å²) in [6, 6.07) is 12.9. The summed E-state index contributed by atoms with van der Waals surface area (Å²) < 4.78 is 56.0. The number of nitrogens with zero attached hydrogens (tertiary/aromatic N) is 3. The van der Waals surface area contributed by atoms with Crippen molar-refractivity contribution in [2.45, 2.75) is 44.8 Å². The van der Waals surface area contributed by atoms with Gasteiger partial charge in [0, 0.05) is 38.2 Å². The van der Waals surface area contributed by atoms with E-state index in [4.69, 9.17) is 14.5 Å². The van der Waals surface area contributed by atoms with Crippen LogP contribution >= 0.6 is 0 Å². The number of methoxy groups -OCH3 is 2. The van der Waals surface area contributed by atoms with Gasteiger partial charge in [-0.2, -0.15) is 13.2 Å². The van der Waals surface area contributed by atoms with Crippen LogP contribution in [0.4, 0.5) is 13.2 Å². The van der Waals surface area contributed by atoms with Crippen LogP contribution in [0, 0.1) is 0 Å². The third-order valence-electron chi connectivity index (χ3n) is 6.05. The van der Waals surface area contributed by atoms with E-state index in [0.717, 1.165) is 37.4 Å². The molecule has 0 saturated carbocycles. The van der Waals surface area contributed by atoms with Gasteiger partial charge in [-0.3, -0.25) is 9.59 Å². The van der Waals surface area contributed by atoms with Gasteiger partial charge in [-0.05, 0) is 62.1 Å². The van der Waals surface area contributed by atoms with Gasteiger partial charge in [0.1, 0.15) is 17.3 Å². The molecule has 0 atom stereocenters. The molecule has 0 aliphatic rings. The van der Waals surface area contributed by atoms with Gasteiger partial charge in [0.15, 0.2) is 0 Å². The number of hydrogen-bond donors (Lipinski definition) is 0. The highest BCUT2D eigenvalue weighted by Crippen LogP contribution is 2.29. The van der Waals surface area contributed by atoms with Crippen molar-refractivity contribution < 1.29 is 37.0 Å². The molecule has 11 heteroatoms. The van der Waals surface area contributed by atoms with Crippen molar-refractivity contribution >= 4 is 22.9 Å². The number of esters is 1. The molecular weight excluding hydrogens is 503 g/mol. The molecule has 3 rings (SSSR count). The first-order chi connectivity index (χ1) is 18.1. The van der Waals surface area contributed by atoms with Crippen molar-refractivity contribution in [1.82, 2.24) is 14.5 Å². The minimum absolute atomic E-state index is 0.0676. The van der Waals surface area contributed by atoms with E-state index < -0.39 is 12.1 Å². The summed E-state index contributed by atoms with van der Waals surface area (Å²) in [5.74, 6) is -0.132. The van der Waals surface area contributed by atoms with Gasteiger partial charge in [-0.1, -0.05) is 0 Å². The molecule has 1 heterocycles. The standard InChI is InChI=1S/C27H32F3N3O5/c1-32(26(35)27(28,29)30)15-7-16-33-23-18-21(38-17-6-4-5-8-24(34)37-3)13-14-22(23)31-25(33)19-9-11-20(36-2)12-10-19/h9-14,18H,4-8,15-17H2,1-3H3. The molecule has 0 unspecified atom stereocenters. The molecule has 0 bridgehead atoms. The molecule has 0 aliphatic carbocycles. The van der Waals surface area contributed by atoms with E-state index in [9.17, 15) is 22.8 Å². The lowest BCUT2D eigenvalue weighted by atomic mass is 10.2. The van der Waals surface area contributed by atoms with Crippen LogP contribution in [0.15, 0.2) is 42.5 Å². The Hall–Kier alpha value is -3.76. The number of unbranched alkanes of at least 4 members (excludes halogenated alkanes) is 2. The number of imidazole rings is 1. The zero-order chi connectivity index (χ0) is 27.7. The van der Waals surface area contributed by atoms with Gasteiger partial charge in [0.05, 0.1) is 31.9 Å². The molecule has 38 heavy (non-hydrogen) atoms. The van der Waals surface area contributed by atoms with Crippen LogP contribution in [0.2, 0.25) is 0 Å². The fourth-order valence-corrected chi connectivity index (χ4v) is 4.00. The minimum atomic E-state index is -4.91. The fraction of sp³-hybridized carbons (Fsp3) is 0.444. The first-order valence-corrected chi connectivity index (χ1v) is 12.3. The van der Waals surface area contributed by atoms with Gasteiger partial charge in [0.25, 0.3) is 0 Å². The van der Waals surface area contributed by atoms with E-state index in [1.54, 1.807) is 7.11 Å². The Balaban J connectivity index is 1.77. The molecule has 0 saturated heterocycles. The highest BCUT2D eigenvalue weighted by Gasteiger charge is 2.40. The van der Waals surface area contributed by atoms with Crippen molar-refractivity contribution in [1.29, 1.82) is 0 Å². The Kier molecular flexibility index (Phi) is 9.98. The van der Waals surface area contributed by atoms with Gasteiger partial charge in [-0.25, -0.2) is 4.98 Å². The number of aryl methyl sites for hydroxylation is 1. The average molecular weight is 536 g/mol. The zero-order valence-electron chi connectivity index (χ0n) is 21.7. The number of fused-ring (bicyclic) bond motifs is 1. The normalized spacial score (nSPS) is 11.4. The third-order valence-corrected chi connectivity index (χ3v) is 6.05. The molecule has 0 spiro atoms. The van der Waals surface area contributed by atoms with Gasteiger partial charge in [-0.15, -0.1) is 0 Å². The van der Waals surface area contributed by atoms with E-state index in [1.807, 2.05) is 47.0 Å². The maximum atomic E-state index is 12.8. The van der Waals surface area contributed by atoms with Gasteiger partial charge in [0.2, 0.25) is 0 Å². The minimum Gasteiger partial charge on any atom is -0.497 e. The topological polar surface area (TPSA) is 82.9 Å². The summed E-state index contributed by atoms with van der Waals surface area (Å²) in [5, 5.41) is 0. The Bertz CT molecular complexity index is 1230. The summed E-state index contributed by atoms with van der Waals surface area (Å²) in [6.07, 6.45) is -1.93. The van der Waals surface area contributed by atoms with Gasteiger partial charge >= 0.3 is 18.1 Å². The van der Waals surface area contributed by atoms with E-state index >= 15 is 0 Å². The Morgan fingerprint density at radius 3 is 2.34 bits per heavy atom. The van der Waals surface area contributed by atoms with Crippen LogP contribution in [-0.4, -0.2) is 66.9 Å². The van der Waals surface area contributed by atoms with E-state index in [-0.39, 0.29) is 18.9 Å². The van der Waals surface area contributed by atoms with Crippen molar-refractivity contribution in [2.24, 2.45) is 0 Å². The summed E-state index contributed by atoms with van der Waals surface area (Å²) in [7, 11) is 4.08. The molecule has 2 aromatic carbocycles. The largest absolute Gasteiger partial charge is 0.497 e. The lowest BCUT2D eigenvalue weighted by Crippen LogP contribution is -2.39. The molecule has 0 fully saturated rings. The zero-order valence-corrected chi connectivity index (χ0v) is 21.7. The first-order valence-electron chi connectivity index (χ1n) is 12.3. The lowest BCUT2D eigenvalue weighted by molar-refractivity contribution is -0.184. The summed E-state index contributed by atoms with van der Waals surface area (Å²) >= 11 is 0. The number of rotatable bonds is 13. The number of carbonyl (C=O) groups excluding carboxylic acids is 2. The molecule has 206 valence electrons. The predicted octanol–water partition coefficient (Wildman–Crippen LogP) is 5.23. The molecule has 0 N–H and O–H groups in total. The fourth-order valence-electron chi connectivity index (χ4n) is 4.00. The molecule has 8 nitrogen and oxygen atoms in total. The van der Waals surface area contributed by atoms with Crippen LogP contribution in [0.1, 0.15) is 32.1 Å². The number of ether oxygens (including phenoxy) is 3. The highest BCUT2D eigenvalue weighted by atomic mass is 19.4. The van der Waals surface area contributed by atoms with Crippen LogP contribution in [0.25, 0.3) is 22.4 Å². The van der Waals surface area contributed by atoms with Crippen molar-refractivity contribution in [2.75, 3.05) is 34.4 Å². The Labute approximate surface area is 219 Å². The summed E-state index contributed by atoms with van der Waals surface area (Å²) in [5.41, 5.74) is 2.29. The lowest BCUT2D eigenvalue weighted by Gasteiger charge is -2.19. The van der Waals surface area contributed by atoms with Crippen molar-refractivity contribution in [3.8, 4) is 22.9 Å². The molecular formula is C27H32F3N3O5. The number of alkyl halides is 3. The number of halogens is 3. The maximum absolute atomic E-state index is 12.8. The SMILES string of the molecule is COC(=O)CCCCCOc1ccc2nc(-c3ccc(OC)cc3)n(CCCN(C)C(=O)C(F)(F)F)c2c1. The number of carbonyl (C=O) groups is 2. The summed E-state index contributed by atoms with van der Waals surface area (Å²) in [6.45, 7) is 0.739. The second kappa shape index (κ2) is 13.2. The second-order valence-electron chi connectivity index (χ2n) is 8.78. The average Bonchev–Trinajstić information content (AvgIpc) is 3.27. The predicted molar refractivity (Wildman–Crippen MR) is 136 cm³/mol. The smallest absolute Gasteiger partial charge is 0.471 e. The number of hydrogen-bond acceptors (Lipinski definition) is 6. The van der Waals surface area contributed by atoms with Crippen LogP contribution in [-0.2, 0) is 20.9 Å². The van der Waals surface area contributed by atoms with Crippen molar-refractivity contribution in [3.63, 3.8) is 0 Å². The number of amides is 1. The second-order valence-corrected chi connectivity index (χ2v) is 8.78. The molecule has 3 aromatic rings. The summed E-state index contributed by atoms with van der Waals surface area (Å²) in [4.78, 5) is 28.2. The Morgan fingerprint density at radius 2 is 1.68 bits per heavy atom. The van der Waals surface area contributed by atoms with Crippen LogP contribution in [0.3, 0.4) is 0 Å². The number of aromatic nitrogens is 2. The van der Waals surface area contributed by atoms with Crippen LogP contribution < -0.4 is 9.47 Å². The van der Waals surface area contributed by atoms with Crippen LogP contribution in [0.5, 0.6) is 11.5 Å². The quantitative estimate of drug-likeness (QED) is 0.220. The molecule has 0 radical (unpaired) electrons. The van der Waals surface area contributed by atoms with Crippen molar-refractivity contribution in [3.05, 3.63) is 42.5 Å². The monoisotopic (exact) mass is 535 g/mol.